The van der Waals surface area contributed by atoms with Crippen LogP contribution < -0.4 is 15.4 Å². The van der Waals surface area contributed by atoms with Crippen molar-refractivity contribution in [1.29, 1.82) is 0 Å². The molecule has 0 radical (unpaired) electrons. The van der Waals surface area contributed by atoms with Gasteiger partial charge in [-0.15, -0.1) is 11.3 Å². The van der Waals surface area contributed by atoms with E-state index in [0.29, 0.717) is 28.1 Å². The van der Waals surface area contributed by atoms with Crippen LogP contribution in [-0.2, 0) is 0 Å². The third kappa shape index (κ3) is 4.50. The number of thiazole rings is 1. The molecule has 3 heterocycles. The van der Waals surface area contributed by atoms with Gasteiger partial charge < -0.3 is 10.1 Å². The number of anilines is 1. The van der Waals surface area contributed by atoms with Crippen LogP contribution >= 0.6 is 11.3 Å². The molecule has 27 heavy (non-hydrogen) atoms. The van der Waals surface area contributed by atoms with Crippen LogP contribution in [0.2, 0.25) is 0 Å². The Balaban J connectivity index is 1.37. The Morgan fingerprint density at radius 1 is 1.11 bits per heavy atom. The summed E-state index contributed by atoms with van der Waals surface area (Å²) in [6, 6.07) is 10.7. The van der Waals surface area contributed by atoms with Crippen molar-refractivity contribution in [3.05, 3.63) is 65.4 Å². The molecule has 0 bridgehead atoms. The highest BCUT2D eigenvalue weighted by atomic mass is 32.1. The maximum Gasteiger partial charge on any atom is 0.257 e. The minimum atomic E-state index is -0.172. The third-order valence-electron chi connectivity index (χ3n) is 4.47. The zero-order valence-corrected chi connectivity index (χ0v) is 15.5. The molecule has 2 aromatic heterocycles. The largest absolute Gasteiger partial charge is 0.456 e. The van der Waals surface area contributed by atoms with Crippen LogP contribution in [-0.4, -0.2) is 29.0 Å². The molecule has 1 aliphatic rings. The highest BCUT2D eigenvalue weighted by Gasteiger charge is 2.18. The zero-order valence-electron chi connectivity index (χ0n) is 14.7. The molecule has 0 saturated carbocycles. The van der Waals surface area contributed by atoms with Crippen LogP contribution in [0.4, 0.5) is 5.13 Å². The molecule has 1 amide bonds. The summed E-state index contributed by atoms with van der Waals surface area (Å²) in [6.45, 7) is 2.08. The summed E-state index contributed by atoms with van der Waals surface area (Å²) >= 11 is 1.56. The van der Waals surface area contributed by atoms with Crippen LogP contribution in [0.25, 0.3) is 0 Å². The fourth-order valence-corrected chi connectivity index (χ4v) is 4.01. The van der Waals surface area contributed by atoms with Crippen LogP contribution in [0.5, 0.6) is 11.5 Å². The first-order valence-electron chi connectivity index (χ1n) is 8.94. The number of carbonyl (C=O) groups excluding carboxylic acids is 1. The summed E-state index contributed by atoms with van der Waals surface area (Å²) in [4.78, 5) is 22.1. The number of nitrogens with zero attached hydrogens (tertiary/aromatic N) is 2. The van der Waals surface area contributed by atoms with Crippen molar-refractivity contribution in [1.82, 2.24) is 15.3 Å². The average Bonchev–Trinajstić information content (AvgIpc) is 3.18. The molecule has 1 saturated heterocycles. The van der Waals surface area contributed by atoms with Crippen LogP contribution in [0.3, 0.4) is 0 Å². The number of carbonyl (C=O) groups is 1. The van der Waals surface area contributed by atoms with E-state index in [1.807, 2.05) is 18.3 Å². The number of ether oxygens (including phenoxy) is 1. The topological polar surface area (TPSA) is 76.1 Å². The lowest BCUT2D eigenvalue weighted by molar-refractivity contribution is 0.102. The molecular formula is C20H20N4O2S. The molecule has 4 rings (SSSR count). The molecule has 7 heteroatoms. The molecule has 2 N–H and O–H groups in total. The normalized spacial score (nSPS) is 14.7. The highest BCUT2D eigenvalue weighted by molar-refractivity contribution is 7.15. The lowest BCUT2D eigenvalue weighted by Gasteiger charge is -2.20. The number of aromatic nitrogens is 2. The van der Waals surface area contributed by atoms with Gasteiger partial charge in [0.2, 0.25) is 0 Å². The number of pyridine rings is 1. The molecular weight excluding hydrogens is 360 g/mol. The van der Waals surface area contributed by atoms with E-state index in [2.05, 4.69) is 20.6 Å². The monoisotopic (exact) mass is 380 g/mol. The van der Waals surface area contributed by atoms with Crippen LogP contribution in [0.1, 0.15) is 34.0 Å². The summed E-state index contributed by atoms with van der Waals surface area (Å²) in [6.07, 6.45) is 7.46. The van der Waals surface area contributed by atoms with Gasteiger partial charge in [-0.3, -0.25) is 15.1 Å². The van der Waals surface area contributed by atoms with Crippen molar-refractivity contribution < 1.29 is 9.53 Å². The SMILES string of the molecule is O=C(Nc1ncc(C2CCNCC2)s1)c1ccc(Oc2cccnc2)cc1. The Kier molecular flexibility index (Phi) is 5.41. The fraction of sp³-hybridized carbons (Fsp3) is 0.250. The minimum absolute atomic E-state index is 0.172. The van der Waals surface area contributed by atoms with Gasteiger partial charge in [-0.25, -0.2) is 4.98 Å². The van der Waals surface area contributed by atoms with Crippen molar-refractivity contribution in [3.63, 3.8) is 0 Å². The number of benzene rings is 1. The van der Waals surface area contributed by atoms with Gasteiger partial charge in [0, 0.05) is 22.8 Å². The fourth-order valence-electron chi connectivity index (χ4n) is 3.03. The summed E-state index contributed by atoms with van der Waals surface area (Å²) in [7, 11) is 0. The Morgan fingerprint density at radius 3 is 2.67 bits per heavy atom. The predicted octanol–water partition coefficient (Wildman–Crippen LogP) is 4.05. The number of piperidine rings is 1. The number of hydrogen-bond acceptors (Lipinski definition) is 6. The molecule has 0 unspecified atom stereocenters. The first-order valence-corrected chi connectivity index (χ1v) is 9.75. The summed E-state index contributed by atoms with van der Waals surface area (Å²) in [5.74, 6) is 1.68. The lowest BCUT2D eigenvalue weighted by atomic mass is 9.97. The van der Waals surface area contributed by atoms with E-state index in [4.69, 9.17) is 4.74 Å². The molecule has 138 valence electrons. The maximum absolute atomic E-state index is 12.5. The Labute approximate surface area is 161 Å². The van der Waals surface area contributed by atoms with Gasteiger partial charge in [0.1, 0.15) is 11.5 Å². The van der Waals surface area contributed by atoms with Crippen LogP contribution in [0.15, 0.2) is 55.0 Å². The van der Waals surface area contributed by atoms with Gasteiger partial charge in [0.05, 0.1) is 6.20 Å². The van der Waals surface area contributed by atoms with Gasteiger partial charge in [0.25, 0.3) is 5.91 Å². The maximum atomic E-state index is 12.5. The van der Waals surface area contributed by atoms with Gasteiger partial charge in [-0.1, -0.05) is 0 Å². The molecule has 6 nitrogen and oxygen atoms in total. The first kappa shape index (κ1) is 17.6. The number of nitrogens with one attached hydrogen (secondary N) is 2. The predicted molar refractivity (Wildman–Crippen MR) is 106 cm³/mol. The standard InChI is InChI=1S/C20H20N4O2S/c25-19(24-20-23-13-18(27-20)14-7-10-21-11-8-14)15-3-5-16(6-4-15)26-17-2-1-9-22-12-17/h1-6,9,12-14,21H,7-8,10-11H2,(H,23,24,25). The van der Waals surface area contributed by atoms with Gasteiger partial charge in [-0.2, -0.15) is 0 Å². The zero-order chi connectivity index (χ0) is 18.5. The third-order valence-corrected chi connectivity index (χ3v) is 5.55. The van der Waals surface area contributed by atoms with E-state index in [9.17, 15) is 4.79 Å². The van der Waals surface area contributed by atoms with Crippen molar-refractivity contribution >= 4 is 22.4 Å². The summed E-state index contributed by atoms with van der Waals surface area (Å²) < 4.78 is 5.69. The first-order chi connectivity index (χ1) is 13.3. The Morgan fingerprint density at radius 2 is 1.93 bits per heavy atom. The van der Waals surface area contributed by atoms with Gasteiger partial charge in [0.15, 0.2) is 5.13 Å². The summed E-state index contributed by atoms with van der Waals surface area (Å²) in [5.41, 5.74) is 0.562. The Bertz CT molecular complexity index is 890. The molecule has 3 aromatic rings. The van der Waals surface area contributed by atoms with E-state index < -0.39 is 0 Å². The average molecular weight is 380 g/mol. The van der Waals surface area contributed by atoms with E-state index >= 15 is 0 Å². The van der Waals surface area contributed by atoms with Crippen molar-refractivity contribution in [3.8, 4) is 11.5 Å². The lowest BCUT2D eigenvalue weighted by Crippen LogP contribution is -2.26. The van der Waals surface area contributed by atoms with E-state index in [0.717, 1.165) is 25.9 Å². The van der Waals surface area contributed by atoms with Crippen LogP contribution in [0, 0.1) is 0 Å². The van der Waals surface area contributed by atoms with E-state index in [-0.39, 0.29) is 5.91 Å². The van der Waals surface area contributed by atoms with Gasteiger partial charge in [-0.05, 0) is 68.2 Å². The highest BCUT2D eigenvalue weighted by Crippen LogP contribution is 2.32. The smallest absolute Gasteiger partial charge is 0.257 e. The molecule has 0 aliphatic carbocycles. The molecule has 1 aliphatic heterocycles. The molecule has 0 atom stereocenters. The second-order valence-corrected chi connectivity index (χ2v) is 7.42. The van der Waals surface area contributed by atoms with Crippen molar-refractivity contribution in [2.24, 2.45) is 0 Å². The van der Waals surface area contributed by atoms with E-state index in [1.54, 1.807) is 48.0 Å². The number of rotatable bonds is 5. The second-order valence-electron chi connectivity index (χ2n) is 6.36. The Hall–Kier alpha value is -2.77. The second kappa shape index (κ2) is 8.28. The van der Waals surface area contributed by atoms with E-state index in [1.165, 1.54) is 4.88 Å². The van der Waals surface area contributed by atoms with Crippen molar-refractivity contribution in [2.45, 2.75) is 18.8 Å². The number of hydrogen-bond donors (Lipinski definition) is 2. The van der Waals surface area contributed by atoms with Crippen molar-refractivity contribution in [2.75, 3.05) is 18.4 Å². The number of amides is 1. The quantitative estimate of drug-likeness (QED) is 0.698. The molecule has 1 fully saturated rings. The molecule has 0 spiro atoms. The minimum Gasteiger partial charge on any atom is -0.456 e. The molecule has 1 aromatic carbocycles. The summed E-state index contributed by atoms with van der Waals surface area (Å²) in [5, 5.41) is 6.90. The van der Waals surface area contributed by atoms with Gasteiger partial charge >= 0.3 is 0 Å².